The van der Waals surface area contributed by atoms with Gasteiger partial charge >= 0.3 is 0 Å². The van der Waals surface area contributed by atoms with E-state index in [1.165, 1.54) is 22.3 Å². The molecule has 4 rings (SSSR count). The Balaban J connectivity index is 1.37. The molecule has 162 valence electrons. The van der Waals surface area contributed by atoms with Gasteiger partial charge in [-0.05, 0) is 80.2 Å². The largest absolute Gasteiger partial charge is 0.457 e. The highest BCUT2D eigenvalue weighted by molar-refractivity contribution is 7.80. The van der Waals surface area contributed by atoms with Crippen molar-refractivity contribution in [2.45, 2.75) is 32.6 Å². The summed E-state index contributed by atoms with van der Waals surface area (Å²) in [4.78, 5) is 13.5. The Bertz CT molecular complexity index is 1270. The van der Waals surface area contributed by atoms with Crippen molar-refractivity contribution in [3.63, 3.8) is 0 Å². The van der Waals surface area contributed by atoms with Crippen LogP contribution in [-0.4, -0.2) is 11.0 Å². The van der Waals surface area contributed by atoms with Crippen LogP contribution in [0.25, 0.3) is 17.4 Å². The lowest BCUT2D eigenvalue weighted by Gasteiger charge is -2.09. The van der Waals surface area contributed by atoms with Crippen LogP contribution in [0.5, 0.6) is 0 Å². The zero-order valence-corrected chi connectivity index (χ0v) is 19.7. The summed E-state index contributed by atoms with van der Waals surface area (Å²) in [5.41, 5.74) is 3.61. The van der Waals surface area contributed by atoms with Crippen molar-refractivity contribution < 1.29 is 9.21 Å². The van der Waals surface area contributed by atoms with Crippen LogP contribution in [-0.2, 0) is 17.6 Å². The van der Waals surface area contributed by atoms with E-state index in [1.807, 2.05) is 31.2 Å². The Morgan fingerprint density at radius 3 is 2.88 bits per heavy atom. The van der Waals surface area contributed by atoms with Crippen LogP contribution < -0.4 is 10.6 Å². The number of carbonyl (C=O) groups is 1. The number of hydrogen-bond acceptors (Lipinski definition) is 5. The number of fused-ring (bicyclic) bond motifs is 1. The number of hydrogen-bond donors (Lipinski definition) is 2. The smallest absolute Gasteiger partial charge is 0.250 e. The summed E-state index contributed by atoms with van der Waals surface area (Å²) in [6.45, 7) is 1.94. The molecule has 1 aromatic carbocycles. The van der Waals surface area contributed by atoms with Gasteiger partial charge in [-0.25, -0.2) is 0 Å². The number of nitriles is 1. The van der Waals surface area contributed by atoms with Crippen molar-refractivity contribution in [3.8, 4) is 17.4 Å². The molecule has 2 aromatic heterocycles. The van der Waals surface area contributed by atoms with Crippen LogP contribution in [0.1, 0.15) is 40.2 Å². The molecular formula is C24H20ClN3O2S2. The molecule has 8 heteroatoms. The van der Waals surface area contributed by atoms with E-state index in [2.05, 4.69) is 16.7 Å². The maximum atomic E-state index is 12.3. The van der Waals surface area contributed by atoms with Crippen LogP contribution in [0.2, 0.25) is 5.02 Å². The number of furan rings is 1. The molecule has 0 atom stereocenters. The van der Waals surface area contributed by atoms with Crippen LogP contribution in [0.3, 0.4) is 0 Å². The minimum Gasteiger partial charge on any atom is -0.457 e. The lowest BCUT2D eigenvalue weighted by Crippen LogP contribution is -2.32. The van der Waals surface area contributed by atoms with Crippen LogP contribution in [0.4, 0.5) is 5.00 Å². The molecule has 0 aliphatic heterocycles. The SMILES string of the molecule is Cc1ccc(-c2ccc(/C=C/C(=O)NC(=S)Nc3sc4c(c3C#N)CCCC4)o2)cc1Cl. The fraction of sp³-hybridized carbons (Fsp3) is 0.208. The third-order valence-electron chi connectivity index (χ3n) is 5.23. The summed E-state index contributed by atoms with van der Waals surface area (Å²) in [6, 6.07) is 11.6. The Morgan fingerprint density at radius 2 is 2.09 bits per heavy atom. The van der Waals surface area contributed by atoms with Crippen LogP contribution >= 0.6 is 35.2 Å². The molecule has 0 spiro atoms. The van der Waals surface area contributed by atoms with Crippen molar-refractivity contribution in [2.75, 3.05) is 5.32 Å². The van der Waals surface area contributed by atoms with Gasteiger partial charge in [-0.1, -0.05) is 23.7 Å². The first-order valence-corrected chi connectivity index (χ1v) is 11.8. The van der Waals surface area contributed by atoms with E-state index < -0.39 is 5.91 Å². The van der Waals surface area contributed by atoms with E-state index in [-0.39, 0.29) is 5.11 Å². The molecule has 1 aliphatic carbocycles. The summed E-state index contributed by atoms with van der Waals surface area (Å²) >= 11 is 13.0. The second kappa shape index (κ2) is 9.70. The van der Waals surface area contributed by atoms with Gasteiger partial charge in [-0.15, -0.1) is 11.3 Å². The van der Waals surface area contributed by atoms with Crippen molar-refractivity contribution in [1.29, 1.82) is 5.26 Å². The molecule has 1 aliphatic rings. The Kier molecular flexibility index (Phi) is 6.75. The van der Waals surface area contributed by atoms with Gasteiger partial charge in [-0.3, -0.25) is 10.1 Å². The lowest BCUT2D eigenvalue weighted by atomic mass is 9.96. The van der Waals surface area contributed by atoms with Gasteiger partial charge in [0.25, 0.3) is 0 Å². The topological polar surface area (TPSA) is 78.1 Å². The molecule has 2 N–H and O–H groups in total. The second-order valence-electron chi connectivity index (χ2n) is 7.47. The van der Waals surface area contributed by atoms with E-state index >= 15 is 0 Å². The quantitative estimate of drug-likeness (QED) is 0.340. The maximum absolute atomic E-state index is 12.3. The fourth-order valence-corrected chi connectivity index (χ4v) is 5.25. The van der Waals surface area contributed by atoms with Gasteiger partial charge < -0.3 is 9.73 Å². The number of aryl methyl sites for hydroxylation is 2. The van der Waals surface area contributed by atoms with Gasteiger partial charge in [0.15, 0.2) is 5.11 Å². The van der Waals surface area contributed by atoms with Crippen molar-refractivity contribution in [3.05, 3.63) is 68.8 Å². The summed E-state index contributed by atoms with van der Waals surface area (Å²) < 4.78 is 5.78. The molecule has 0 fully saturated rings. The minimum absolute atomic E-state index is 0.157. The third kappa shape index (κ3) is 4.94. The Hall–Kier alpha value is -2.92. The molecule has 5 nitrogen and oxygen atoms in total. The first kappa shape index (κ1) is 22.3. The zero-order valence-electron chi connectivity index (χ0n) is 17.3. The van der Waals surface area contributed by atoms with E-state index in [4.69, 9.17) is 28.2 Å². The molecule has 32 heavy (non-hydrogen) atoms. The Morgan fingerprint density at radius 1 is 1.28 bits per heavy atom. The summed E-state index contributed by atoms with van der Waals surface area (Å²) in [7, 11) is 0. The van der Waals surface area contributed by atoms with Gasteiger partial charge in [0.1, 0.15) is 22.6 Å². The van der Waals surface area contributed by atoms with Crippen molar-refractivity contribution in [2.24, 2.45) is 0 Å². The predicted octanol–water partition coefficient (Wildman–Crippen LogP) is 6.25. The molecule has 3 aromatic rings. The molecule has 0 saturated carbocycles. The number of nitrogens with one attached hydrogen (secondary N) is 2. The molecule has 2 heterocycles. The van der Waals surface area contributed by atoms with Gasteiger partial charge in [0, 0.05) is 21.5 Å². The number of halogens is 1. The average Bonchev–Trinajstić information content (AvgIpc) is 3.38. The molecule has 1 amide bonds. The number of thiophene rings is 1. The number of thiocarbonyl (C=S) groups is 1. The normalized spacial score (nSPS) is 12.9. The van der Waals surface area contributed by atoms with E-state index in [9.17, 15) is 10.1 Å². The standard InChI is InChI=1S/C24H20ClN3O2S2/c1-14-6-7-15(12-19(14)25)20-10-8-16(30-20)9-11-22(29)27-24(31)28-23-18(13-26)17-4-2-3-5-21(17)32-23/h6-12H,2-5H2,1H3,(H2,27,28,29,31)/b11-9+. The number of carbonyl (C=O) groups excluding carboxylic acids is 1. The van der Waals surface area contributed by atoms with E-state index in [1.54, 1.807) is 12.1 Å². The number of benzene rings is 1. The molecule has 0 bridgehead atoms. The highest BCUT2D eigenvalue weighted by Crippen LogP contribution is 2.37. The van der Waals surface area contributed by atoms with Gasteiger partial charge in [0.2, 0.25) is 5.91 Å². The Labute approximate surface area is 200 Å². The molecule has 0 saturated heterocycles. The summed E-state index contributed by atoms with van der Waals surface area (Å²) in [5, 5.41) is 16.7. The van der Waals surface area contributed by atoms with Crippen molar-refractivity contribution in [1.82, 2.24) is 5.32 Å². The number of rotatable bonds is 4. The first-order chi connectivity index (χ1) is 15.4. The van der Waals surface area contributed by atoms with Crippen LogP contribution in [0, 0.1) is 18.3 Å². The average molecular weight is 482 g/mol. The minimum atomic E-state index is -0.390. The molecule has 0 unspecified atom stereocenters. The molecule has 0 radical (unpaired) electrons. The van der Waals surface area contributed by atoms with Crippen molar-refractivity contribution >= 4 is 57.3 Å². The zero-order chi connectivity index (χ0) is 22.7. The maximum Gasteiger partial charge on any atom is 0.250 e. The monoisotopic (exact) mass is 481 g/mol. The summed E-state index contributed by atoms with van der Waals surface area (Å²) in [6.07, 6.45) is 7.05. The predicted molar refractivity (Wildman–Crippen MR) is 133 cm³/mol. The van der Waals surface area contributed by atoms with Gasteiger partial charge in [-0.2, -0.15) is 5.26 Å². The highest BCUT2D eigenvalue weighted by Gasteiger charge is 2.21. The second-order valence-corrected chi connectivity index (χ2v) is 9.39. The van der Waals surface area contributed by atoms with Crippen LogP contribution in [0.15, 0.2) is 40.8 Å². The molecular weight excluding hydrogens is 462 g/mol. The van der Waals surface area contributed by atoms with E-state index in [0.717, 1.165) is 42.4 Å². The van der Waals surface area contributed by atoms with E-state index in [0.29, 0.717) is 27.1 Å². The first-order valence-electron chi connectivity index (χ1n) is 10.2. The number of anilines is 1. The number of amides is 1. The fourth-order valence-electron chi connectivity index (χ4n) is 3.56. The number of nitrogens with zero attached hydrogens (tertiary/aromatic N) is 1. The summed E-state index contributed by atoms with van der Waals surface area (Å²) in [5.74, 6) is 0.803. The highest BCUT2D eigenvalue weighted by atomic mass is 35.5. The third-order valence-corrected chi connectivity index (χ3v) is 7.05. The van der Waals surface area contributed by atoms with Gasteiger partial charge in [0.05, 0.1) is 5.56 Å². The lowest BCUT2D eigenvalue weighted by molar-refractivity contribution is -0.115.